The summed E-state index contributed by atoms with van der Waals surface area (Å²) in [5.41, 5.74) is -3.98. The normalized spacial score (nSPS) is 29.8. The van der Waals surface area contributed by atoms with Crippen molar-refractivity contribution in [3.8, 4) is 23.3 Å². The van der Waals surface area contributed by atoms with Crippen LogP contribution >= 0.6 is 0 Å². The molecule has 600 valence electrons. The molecule has 2 N–H and O–H groups in total. The maximum atomic E-state index is 14.8. The fourth-order valence-corrected chi connectivity index (χ4v) is 19.3. The van der Waals surface area contributed by atoms with Gasteiger partial charge in [-0.2, -0.15) is 0 Å². The number of nitrogens with zero attached hydrogens (tertiary/aromatic N) is 4. The molecule has 4 aromatic rings. The number of fused-ring (bicyclic) bond motifs is 6. The molecule has 12 rings (SSSR count). The van der Waals surface area contributed by atoms with Crippen molar-refractivity contribution in [3.63, 3.8) is 0 Å². The van der Waals surface area contributed by atoms with E-state index >= 15 is 0 Å². The van der Waals surface area contributed by atoms with E-state index in [1.54, 1.807) is 53.9 Å². The zero-order chi connectivity index (χ0) is 79.7. The summed E-state index contributed by atoms with van der Waals surface area (Å²) in [5.74, 6) is -3.72. The minimum atomic E-state index is -3.85. The molecule has 0 unspecified atom stereocenters. The Morgan fingerprint density at radius 1 is 0.536 bits per heavy atom. The average molecular weight is 1560 g/mol. The number of pyridine rings is 2. The summed E-state index contributed by atoms with van der Waals surface area (Å²) in [4.78, 5) is 125. The molecule has 24 nitrogen and oxygen atoms in total. The van der Waals surface area contributed by atoms with Crippen molar-refractivity contribution >= 4 is 88.7 Å². The number of carbonyl (C=O) groups is 8. The fraction of sp³-hybridized carbons (Fsp3) is 0.643. The van der Waals surface area contributed by atoms with Gasteiger partial charge in [0.1, 0.15) is 34.9 Å². The lowest BCUT2D eigenvalue weighted by Gasteiger charge is -2.32. The number of aromatic nitrogens is 2. The number of hydrogen-bond donors (Lipinski definition) is 2. The van der Waals surface area contributed by atoms with Crippen molar-refractivity contribution in [3.05, 3.63) is 85.2 Å². The second-order valence-electron chi connectivity index (χ2n) is 35.3. The molecule has 6 fully saturated rings. The van der Waals surface area contributed by atoms with Crippen LogP contribution in [0, 0.1) is 58.2 Å². The summed E-state index contributed by atoms with van der Waals surface area (Å²) in [6, 6.07) is 13.0. The number of allylic oxidation sites excluding steroid dienone is 4. The zero-order valence-electron chi connectivity index (χ0n) is 66.4. The van der Waals surface area contributed by atoms with Crippen LogP contribution in [-0.4, -0.2) is 155 Å². The number of esters is 2. The molecule has 4 aliphatic carbocycles. The molecular weight excluding hydrogens is 1450 g/mol. The molecule has 2 aromatic carbocycles. The molecule has 110 heavy (non-hydrogen) atoms. The molecule has 0 bridgehead atoms. The SMILES string of the molecule is CC(C)Oc1ccc2c(O[C@@H]3C[C@H]4C(=O)C[C@]5(C(=O)NS(=O)(=O)C6CC6)C[C@H]5/C=C\CC[C@@H](C)C[C@@H](C)[C@H](CC(=O)OC(C)(C)C)C(=O)N4C3)nccc2c1.CC(C)Oc1ccc2c(O[C@@H]3C[C@H]4C(=O)C[C@]5(C(=O)NS(=O)(=O)C6CC6)C[C@H]5/C=C\CC[C@H](C)C[C@@H](C)[C@H](CC(=O)OC(C)(C)C)C(=O)N4C3)nccc2c1. The van der Waals surface area contributed by atoms with Crippen LogP contribution in [0.3, 0.4) is 0 Å². The van der Waals surface area contributed by atoms with Gasteiger partial charge in [-0.15, -0.1) is 0 Å². The van der Waals surface area contributed by atoms with E-state index in [0.717, 1.165) is 47.2 Å². The predicted octanol–water partition coefficient (Wildman–Crippen LogP) is 12.6. The van der Waals surface area contributed by atoms with E-state index in [2.05, 4.69) is 33.3 Å². The van der Waals surface area contributed by atoms with Gasteiger partial charge in [0, 0.05) is 48.8 Å². The molecule has 26 heteroatoms. The summed E-state index contributed by atoms with van der Waals surface area (Å²) < 4.78 is 92.5. The molecule has 4 amide bonds. The number of nitrogens with one attached hydrogen (secondary N) is 2. The number of ketones is 2. The molecule has 14 atom stereocenters. The third-order valence-electron chi connectivity index (χ3n) is 22.6. The smallest absolute Gasteiger partial charge is 0.307 e. The van der Waals surface area contributed by atoms with Crippen molar-refractivity contribution in [1.29, 1.82) is 0 Å². The predicted molar refractivity (Wildman–Crippen MR) is 415 cm³/mol. The second-order valence-corrected chi connectivity index (χ2v) is 39.2. The van der Waals surface area contributed by atoms with Crippen LogP contribution in [0.5, 0.6) is 23.3 Å². The highest BCUT2D eigenvalue weighted by Crippen LogP contribution is 2.59. The maximum Gasteiger partial charge on any atom is 0.307 e. The molecule has 0 spiro atoms. The minimum Gasteiger partial charge on any atom is -0.491 e. The third kappa shape index (κ3) is 20.6. The third-order valence-corrected chi connectivity index (χ3v) is 26.3. The molecular formula is C84H114N6O18S2. The standard InChI is InChI=1S/2C42H57N3O9S/c2*1-25(2)52-30-12-15-33-28(19-30)16-17-43-38(33)53-31-20-35-36(46)23-42(40(49)44-55(50,51)32-13-14-32)22-29(42)11-9-8-10-26(3)18-27(4)34(39(48)45(35)24-31)21-37(47)54-41(5,6)7/h2*9,11-12,15-17,19,25-27,29,31-32,34-35H,8,10,13-14,18,20-24H2,1-7H3,(H,44,49)/b2*11-9-/t26-,27+,29+,31+,34-,35-,42+;26-,27-,29-,31-,34+,35+,42-/m01/s1. The number of hydrogen-bond acceptors (Lipinski definition) is 20. The number of benzene rings is 2. The molecule has 4 aliphatic heterocycles. The molecule has 2 saturated heterocycles. The number of amides is 4. The van der Waals surface area contributed by atoms with Gasteiger partial charge in [-0.05, 0) is 241 Å². The van der Waals surface area contributed by atoms with Crippen LogP contribution in [0.25, 0.3) is 21.5 Å². The highest BCUT2D eigenvalue weighted by Gasteiger charge is 2.63. The van der Waals surface area contributed by atoms with Gasteiger partial charge in [0.2, 0.25) is 55.4 Å². The van der Waals surface area contributed by atoms with Crippen LogP contribution in [0.15, 0.2) is 85.2 Å². The molecule has 4 saturated carbocycles. The number of carbonyl (C=O) groups excluding carboxylic acids is 8. The van der Waals surface area contributed by atoms with Crippen LogP contribution in [0.1, 0.15) is 213 Å². The van der Waals surface area contributed by atoms with Crippen LogP contribution in [0.4, 0.5) is 0 Å². The van der Waals surface area contributed by atoms with Crippen LogP contribution < -0.4 is 28.4 Å². The van der Waals surface area contributed by atoms with E-state index in [0.29, 0.717) is 74.6 Å². The summed E-state index contributed by atoms with van der Waals surface area (Å²) in [7, 11) is -7.70. The van der Waals surface area contributed by atoms with E-state index in [4.69, 9.17) is 28.4 Å². The Kier molecular flexibility index (Phi) is 25.2. The lowest BCUT2D eigenvalue weighted by atomic mass is 9.82. The topological polar surface area (TPSA) is 317 Å². The van der Waals surface area contributed by atoms with Crippen molar-refractivity contribution in [1.82, 2.24) is 29.2 Å². The summed E-state index contributed by atoms with van der Waals surface area (Å²) in [6.07, 6.45) is 16.6. The lowest BCUT2D eigenvalue weighted by Crippen LogP contribution is -2.47. The van der Waals surface area contributed by atoms with E-state index in [9.17, 15) is 55.2 Å². The Morgan fingerprint density at radius 2 is 0.909 bits per heavy atom. The Bertz CT molecular complexity index is 4150. The Balaban J connectivity index is 0.000000218. The number of Topliss-reactive ketones (excluding diaryl/α,β-unsaturated/α-hetero) is 2. The van der Waals surface area contributed by atoms with Crippen molar-refractivity contribution in [2.24, 2.45) is 58.2 Å². The van der Waals surface area contributed by atoms with Gasteiger partial charge in [0.15, 0.2) is 11.6 Å². The van der Waals surface area contributed by atoms with Gasteiger partial charge in [-0.1, -0.05) is 52.0 Å². The lowest BCUT2D eigenvalue weighted by molar-refractivity contribution is -0.160. The van der Waals surface area contributed by atoms with E-state index in [1.807, 2.05) is 114 Å². The Labute approximate surface area is 648 Å². The Hall–Kier alpha value is -8.00. The number of sulfonamides is 2. The first-order chi connectivity index (χ1) is 51.7. The molecule has 6 heterocycles. The van der Waals surface area contributed by atoms with E-state index < -0.39 is 112 Å². The zero-order valence-corrected chi connectivity index (χ0v) is 68.0. The Morgan fingerprint density at radius 3 is 1.25 bits per heavy atom. The fourth-order valence-electron chi connectivity index (χ4n) is 16.5. The highest BCUT2D eigenvalue weighted by molar-refractivity contribution is 7.91. The minimum absolute atomic E-state index is 0.00542. The van der Waals surface area contributed by atoms with Crippen molar-refractivity contribution < 1.29 is 83.6 Å². The van der Waals surface area contributed by atoms with Crippen LogP contribution in [-0.2, 0) is 67.9 Å². The van der Waals surface area contributed by atoms with Crippen molar-refractivity contribution in [2.75, 3.05) is 13.1 Å². The van der Waals surface area contributed by atoms with Gasteiger partial charge < -0.3 is 38.2 Å². The summed E-state index contributed by atoms with van der Waals surface area (Å²) >= 11 is 0. The largest absolute Gasteiger partial charge is 0.491 e. The quantitative estimate of drug-likeness (QED) is 0.0690. The van der Waals surface area contributed by atoms with Gasteiger partial charge in [-0.3, -0.25) is 47.8 Å². The number of ether oxygens (including phenoxy) is 6. The molecule has 0 radical (unpaired) electrons. The van der Waals surface area contributed by atoms with Crippen LogP contribution in [0.2, 0.25) is 0 Å². The molecule has 2 aromatic heterocycles. The van der Waals surface area contributed by atoms with Gasteiger partial charge in [0.05, 0.1) is 83.4 Å². The molecule has 8 aliphatic rings. The summed E-state index contributed by atoms with van der Waals surface area (Å²) in [5, 5.41) is 2.00. The average Bonchev–Trinajstić information content (AvgIpc) is 1.58. The van der Waals surface area contributed by atoms with Gasteiger partial charge >= 0.3 is 11.9 Å². The first-order valence-corrected chi connectivity index (χ1v) is 42.8. The number of rotatable bonds is 18. The maximum absolute atomic E-state index is 14.8. The van der Waals surface area contributed by atoms with Gasteiger partial charge in [-0.25, -0.2) is 26.8 Å². The van der Waals surface area contributed by atoms with E-state index in [1.165, 1.54) is 9.80 Å². The highest BCUT2D eigenvalue weighted by atomic mass is 32.2. The first-order valence-electron chi connectivity index (χ1n) is 39.7. The first kappa shape index (κ1) is 82.9. The second kappa shape index (κ2) is 33.4. The summed E-state index contributed by atoms with van der Waals surface area (Å²) in [6.45, 7) is 26.8. The van der Waals surface area contributed by atoms with E-state index in [-0.39, 0.29) is 123 Å². The monoisotopic (exact) mass is 1560 g/mol. The van der Waals surface area contributed by atoms with Gasteiger partial charge in [0.25, 0.3) is 0 Å². The van der Waals surface area contributed by atoms with Crippen molar-refractivity contribution in [2.45, 2.75) is 271 Å².